The number of nitrogens with zero attached hydrogens (tertiary/aromatic N) is 1. The minimum atomic E-state index is -3.65. The summed E-state index contributed by atoms with van der Waals surface area (Å²) in [5.74, 6) is -3.82. The zero-order chi connectivity index (χ0) is 28.3. The summed E-state index contributed by atoms with van der Waals surface area (Å²) in [5, 5.41) is 14.2. The van der Waals surface area contributed by atoms with Gasteiger partial charge in [0.25, 0.3) is 5.69 Å². The Hall–Kier alpha value is -3.20. The highest BCUT2D eigenvalue weighted by atomic mass is 16.6. The molecule has 0 bridgehead atoms. The number of benzene rings is 1. The molecule has 0 aromatic heterocycles. The summed E-state index contributed by atoms with van der Waals surface area (Å²) in [4.78, 5) is 37.2. The molecule has 30 heavy (non-hydrogen) atoms. The second-order valence-corrected chi connectivity index (χ2v) is 6.33. The minimum absolute atomic E-state index is 0.0471. The quantitative estimate of drug-likeness (QED) is 0.292. The maximum atomic E-state index is 13.4. The summed E-state index contributed by atoms with van der Waals surface area (Å²) in [5.41, 5.74) is -0.616. The molecule has 0 spiro atoms. The molecular formula is C21H26N2O7. The summed E-state index contributed by atoms with van der Waals surface area (Å²) in [7, 11) is 1.38. The molecule has 2 rings (SSSR count). The topological polar surface area (TPSA) is 117 Å². The lowest BCUT2D eigenvalue weighted by Gasteiger charge is -2.30. The van der Waals surface area contributed by atoms with Crippen LogP contribution >= 0.6 is 0 Å². The molecule has 1 aromatic rings. The number of hydrogen-bond acceptors (Lipinski definition) is 8. The Morgan fingerprint density at radius 1 is 1.23 bits per heavy atom. The number of methoxy groups -OCH3 is 1. The number of allylic oxidation sites excluding steroid dienone is 2. The summed E-state index contributed by atoms with van der Waals surface area (Å²) in [6.07, 6.45) is -3.65. The van der Waals surface area contributed by atoms with Gasteiger partial charge < -0.3 is 19.5 Å². The Balaban J connectivity index is 2.71. The van der Waals surface area contributed by atoms with Gasteiger partial charge in [-0.15, -0.1) is 0 Å². The van der Waals surface area contributed by atoms with Crippen molar-refractivity contribution < 1.29 is 38.3 Å². The highest BCUT2D eigenvalue weighted by Crippen LogP contribution is 2.40. The SMILES string of the molecule is [2H]C([2H])([2H])C([2H])(OC(=O)C1=C(C)NC(C)=C(C(=O)OCCOC)C1c1cccc([N+](=O)[O-])c1)C([2H])([2H])[2H]. The number of esters is 2. The van der Waals surface area contributed by atoms with E-state index in [4.69, 9.17) is 23.8 Å². The van der Waals surface area contributed by atoms with Gasteiger partial charge in [-0.25, -0.2) is 9.59 Å². The molecule has 0 aliphatic carbocycles. The Kier molecular flexibility index (Phi) is 4.92. The molecule has 0 saturated carbocycles. The van der Waals surface area contributed by atoms with Crippen molar-refractivity contribution in [3.63, 3.8) is 0 Å². The molecule has 1 aliphatic rings. The number of carbonyl (C=O) groups is 2. The molecule has 162 valence electrons. The van der Waals surface area contributed by atoms with Gasteiger partial charge in [0.05, 0.1) is 36.0 Å². The van der Waals surface area contributed by atoms with E-state index in [9.17, 15) is 19.7 Å². The number of dihydropyridines is 1. The number of hydrogen-bond donors (Lipinski definition) is 1. The molecule has 0 fully saturated rings. The predicted octanol–water partition coefficient (Wildman–Crippen LogP) is 2.97. The molecule has 1 aromatic carbocycles. The van der Waals surface area contributed by atoms with E-state index in [1.54, 1.807) is 0 Å². The molecule has 9 heteroatoms. The van der Waals surface area contributed by atoms with Crippen molar-refractivity contribution in [2.45, 2.75) is 39.5 Å². The predicted molar refractivity (Wildman–Crippen MR) is 108 cm³/mol. The first-order valence-electron chi connectivity index (χ1n) is 12.3. The third-order valence-electron chi connectivity index (χ3n) is 4.33. The van der Waals surface area contributed by atoms with Crippen LogP contribution in [0, 0.1) is 10.1 Å². The monoisotopic (exact) mass is 425 g/mol. The van der Waals surface area contributed by atoms with E-state index in [0.29, 0.717) is 0 Å². The molecule has 1 heterocycles. The van der Waals surface area contributed by atoms with Crippen molar-refractivity contribution in [1.29, 1.82) is 0 Å². The fraction of sp³-hybridized carbons (Fsp3) is 0.429. The molecule has 1 aliphatic heterocycles. The highest BCUT2D eigenvalue weighted by molar-refractivity contribution is 6.00. The Morgan fingerprint density at radius 3 is 2.50 bits per heavy atom. The van der Waals surface area contributed by atoms with Gasteiger partial charge in [0.1, 0.15) is 6.61 Å². The van der Waals surface area contributed by atoms with E-state index < -0.39 is 48.1 Å². The van der Waals surface area contributed by atoms with Crippen LogP contribution < -0.4 is 5.32 Å². The molecule has 0 amide bonds. The van der Waals surface area contributed by atoms with Crippen molar-refractivity contribution >= 4 is 17.6 Å². The van der Waals surface area contributed by atoms with Gasteiger partial charge in [0.15, 0.2) is 0 Å². The van der Waals surface area contributed by atoms with Crippen molar-refractivity contribution in [3.8, 4) is 0 Å². The second kappa shape index (κ2) is 10.0. The molecule has 0 saturated heterocycles. The van der Waals surface area contributed by atoms with Crippen molar-refractivity contribution in [2.75, 3.05) is 20.3 Å². The van der Waals surface area contributed by atoms with Gasteiger partial charge >= 0.3 is 11.9 Å². The Labute approximate surface area is 184 Å². The average Bonchev–Trinajstić information content (AvgIpc) is 2.76. The van der Waals surface area contributed by atoms with E-state index in [1.165, 1.54) is 39.2 Å². The molecule has 0 radical (unpaired) electrons. The standard InChI is InChI=1S/C21H26N2O7/c1-12(2)30-21(25)18-14(4)22-13(3)17(20(24)29-10-9-28-5)19(18)15-7-6-8-16(11-15)23(26)27/h6-8,11-12,19,22H,9-10H2,1-5H3/i1D3,2D3,12D. The van der Waals surface area contributed by atoms with E-state index >= 15 is 0 Å². The van der Waals surface area contributed by atoms with Gasteiger partial charge in [0.2, 0.25) is 0 Å². The van der Waals surface area contributed by atoms with E-state index in [-0.39, 0.29) is 41.4 Å². The molecule has 1 atom stereocenters. The number of ether oxygens (including phenoxy) is 3. The third kappa shape index (κ3) is 5.24. The molecule has 1 unspecified atom stereocenters. The average molecular weight is 425 g/mol. The summed E-state index contributed by atoms with van der Waals surface area (Å²) >= 11 is 0. The van der Waals surface area contributed by atoms with Gasteiger partial charge in [-0.05, 0) is 33.1 Å². The normalized spacial score (nSPS) is 21.0. The van der Waals surface area contributed by atoms with Gasteiger partial charge in [0, 0.05) is 38.9 Å². The van der Waals surface area contributed by atoms with Crippen LogP contribution in [0.2, 0.25) is 0 Å². The maximum Gasteiger partial charge on any atom is 0.337 e. The van der Waals surface area contributed by atoms with Gasteiger partial charge in [-0.1, -0.05) is 12.1 Å². The third-order valence-corrected chi connectivity index (χ3v) is 4.33. The Bertz CT molecular complexity index is 1130. The lowest BCUT2D eigenvalue weighted by Crippen LogP contribution is -2.33. The Morgan fingerprint density at radius 2 is 1.90 bits per heavy atom. The van der Waals surface area contributed by atoms with Crippen molar-refractivity contribution in [1.82, 2.24) is 5.32 Å². The van der Waals surface area contributed by atoms with Crippen molar-refractivity contribution in [2.24, 2.45) is 0 Å². The number of nitro benzene ring substituents is 1. The lowest BCUT2D eigenvalue weighted by atomic mass is 9.80. The summed E-state index contributed by atoms with van der Waals surface area (Å²) in [6.45, 7) is -4.38. The first kappa shape index (κ1) is 14.7. The molecule has 1 N–H and O–H groups in total. The molecular weight excluding hydrogens is 392 g/mol. The number of nitro groups is 1. The zero-order valence-electron chi connectivity index (χ0n) is 23.6. The molecule has 9 nitrogen and oxygen atoms in total. The number of rotatable bonds is 8. The van der Waals surface area contributed by atoms with Crippen LogP contribution in [-0.2, 0) is 23.8 Å². The van der Waals surface area contributed by atoms with Gasteiger partial charge in [-0.2, -0.15) is 0 Å². The maximum absolute atomic E-state index is 13.4. The smallest absolute Gasteiger partial charge is 0.337 e. The van der Waals surface area contributed by atoms with Crippen molar-refractivity contribution in [3.05, 3.63) is 62.5 Å². The number of nitrogens with one attached hydrogen (secondary N) is 1. The number of non-ortho nitro benzene ring substituents is 1. The summed E-state index contributed by atoms with van der Waals surface area (Å²) < 4.78 is 68.2. The van der Waals surface area contributed by atoms with Crippen LogP contribution in [-0.4, -0.2) is 43.3 Å². The van der Waals surface area contributed by atoms with Crippen LogP contribution in [0.3, 0.4) is 0 Å². The van der Waals surface area contributed by atoms with E-state index in [1.807, 2.05) is 0 Å². The second-order valence-electron chi connectivity index (χ2n) is 6.33. The van der Waals surface area contributed by atoms with Gasteiger partial charge in [-0.3, -0.25) is 10.1 Å². The van der Waals surface area contributed by atoms with Crippen LogP contribution in [0.5, 0.6) is 0 Å². The van der Waals surface area contributed by atoms with Crippen LogP contribution in [0.1, 0.15) is 48.6 Å². The summed E-state index contributed by atoms with van der Waals surface area (Å²) in [6, 6.07) is 5.00. The van der Waals surface area contributed by atoms with E-state index in [2.05, 4.69) is 5.32 Å². The van der Waals surface area contributed by atoms with E-state index in [0.717, 1.165) is 6.07 Å². The fourth-order valence-electron chi connectivity index (χ4n) is 3.13. The first-order chi connectivity index (χ1) is 17.0. The lowest BCUT2D eigenvalue weighted by molar-refractivity contribution is -0.384. The van der Waals surface area contributed by atoms with Crippen LogP contribution in [0.25, 0.3) is 0 Å². The largest absolute Gasteiger partial charge is 0.460 e. The fourth-order valence-corrected chi connectivity index (χ4v) is 3.13. The minimum Gasteiger partial charge on any atom is -0.460 e. The van der Waals surface area contributed by atoms with Crippen LogP contribution in [0.15, 0.2) is 46.8 Å². The first-order valence-corrected chi connectivity index (χ1v) is 8.78. The van der Waals surface area contributed by atoms with Crippen LogP contribution in [0.4, 0.5) is 5.69 Å². The zero-order valence-corrected chi connectivity index (χ0v) is 16.6. The highest BCUT2D eigenvalue weighted by Gasteiger charge is 2.38. The number of carbonyl (C=O) groups excluding carboxylic acids is 2.